The van der Waals surface area contributed by atoms with Crippen LogP contribution in [0.1, 0.15) is 0 Å². The van der Waals surface area contributed by atoms with Crippen molar-refractivity contribution in [2.45, 2.75) is 0 Å². The number of hydrogen-bond acceptors (Lipinski definition) is 3. The maximum Gasteiger partial charge on any atom is 1.00 e. The third-order valence-corrected chi connectivity index (χ3v) is 3.14. The minimum absolute atomic E-state index is 0. The van der Waals surface area contributed by atoms with Crippen molar-refractivity contribution in [3.05, 3.63) is 81.5 Å². The van der Waals surface area contributed by atoms with Crippen LogP contribution in [0.3, 0.4) is 0 Å². The second-order valence-electron chi connectivity index (χ2n) is 4.48. The summed E-state index contributed by atoms with van der Waals surface area (Å²) < 4.78 is 0.962. The van der Waals surface area contributed by atoms with Gasteiger partial charge in [-0.15, -0.1) is 0 Å². The zero-order valence-electron chi connectivity index (χ0n) is 11.9. The van der Waals surface area contributed by atoms with Crippen LogP contribution in [-0.4, -0.2) is 9.55 Å². The molecule has 1 aromatic heterocycles. The zero-order valence-corrected chi connectivity index (χ0v) is 13.9. The van der Waals surface area contributed by atoms with E-state index in [-0.39, 0.29) is 35.1 Å². The number of H-pyrrole nitrogens is 1. The van der Waals surface area contributed by atoms with Crippen molar-refractivity contribution in [3.8, 4) is 22.7 Å². The van der Waals surface area contributed by atoms with Crippen molar-refractivity contribution in [1.82, 2.24) is 9.55 Å². The molecule has 0 atom stereocenters. The van der Waals surface area contributed by atoms with Gasteiger partial charge < -0.3 is 10.1 Å². The Morgan fingerprint density at radius 1 is 0.864 bits per heavy atom. The molecule has 0 fully saturated rings. The number of nitrogens with zero attached hydrogens (tertiary/aromatic N) is 1. The van der Waals surface area contributed by atoms with E-state index in [0.29, 0.717) is 11.3 Å². The molecule has 0 spiro atoms. The monoisotopic (exact) mass is 302 g/mol. The van der Waals surface area contributed by atoms with E-state index in [2.05, 4.69) is 4.98 Å². The van der Waals surface area contributed by atoms with Crippen molar-refractivity contribution in [1.29, 1.82) is 0 Å². The number of aromatic nitrogens is 2. The quantitative estimate of drug-likeness (QED) is 0.572. The number of nitrogens with one attached hydrogen (secondary N) is 1. The summed E-state index contributed by atoms with van der Waals surface area (Å²) in [7, 11) is 0. The van der Waals surface area contributed by atoms with Gasteiger partial charge in [-0.1, -0.05) is 48.5 Å². The van der Waals surface area contributed by atoms with Crippen LogP contribution in [0, 0.1) is 0 Å². The van der Waals surface area contributed by atoms with Gasteiger partial charge in [-0.05, 0) is 23.6 Å². The summed E-state index contributed by atoms with van der Waals surface area (Å²) in [6.07, 6.45) is 0. The summed E-state index contributed by atoms with van der Waals surface area (Å²) in [5.74, 6) is -0.677. The van der Waals surface area contributed by atoms with Crippen LogP contribution in [0.5, 0.6) is 5.88 Å². The van der Waals surface area contributed by atoms with Crippen molar-refractivity contribution in [2.75, 3.05) is 0 Å². The fourth-order valence-corrected chi connectivity index (χ4v) is 2.19. The molecule has 1 heterocycles. The van der Waals surface area contributed by atoms with Crippen molar-refractivity contribution in [3.63, 3.8) is 0 Å². The number of rotatable bonds is 2. The summed E-state index contributed by atoms with van der Waals surface area (Å²) in [6.45, 7) is 0. The average Bonchev–Trinajstić information content (AvgIpc) is 2.49. The van der Waals surface area contributed by atoms with E-state index in [1.807, 2.05) is 0 Å². The first-order valence-electron chi connectivity index (χ1n) is 6.35. The zero-order chi connectivity index (χ0) is 14.8. The van der Waals surface area contributed by atoms with E-state index >= 15 is 0 Å². The molecule has 6 heteroatoms. The van der Waals surface area contributed by atoms with Gasteiger partial charge in [-0.3, -0.25) is 4.79 Å². The fourth-order valence-electron chi connectivity index (χ4n) is 2.19. The first-order chi connectivity index (χ1) is 10.2. The van der Waals surface area contributed by atoms with Crippen LogP contribution >= 0.6 is 0 Å². The molecule has 0 amide bonds. The van der Waals surface area contributed by atoms with Gasteiger partial charge >= 0.3 is 35.2 Å². The fraction of sp³-hybridized carbons (Fsp3) is 0. The Balaban J connectivity index is 0.00000176. The Bertz CT molecular complexity index is 887. The summed E-state index contributed by atoms with van der Waals surface area (Å²) >= 11 is 0. The number of hydrogen-bond donors (Lipinski definition) is 1. The van der Waals surface area contributed by atoms with E-state index in [1.54, 1.807) is 60.7 Å². The third-order valence-electron chi connectivity index (χ3n) is 3.14. The molecule has 0 aliphatic heterocycles. The molecule has 1 N–H and O–H groups in total. The van der Waals surface area contributed by atoms with Crippen LogP contribution in [0.4, 0.5) is 0 Å². The molecule has 0 radical (unpaired) electrons. The topological polar surface area (TPSA) is 77.9 Å². The van der Waals surface area contributed by atoms with Gasteiger partial charge in [0.1, 0.15) is 0 Å². The Morgan fingerprint density at radius 2 is 1.41 bits per heavy atom. The Kier molecular flexibility index (Phi) is 5.03. The number of benzene rings is 2. The molecule has 3 rings (SSSR count). The van der Waals surface area contributed by atoms with Crippen LogP contribution in [-0.2, 0) is 0 Å². The molecule has 0 aliphatic rings. The standard InChI is InChI=1S/C16H12N2O3.Na/c19-14-13(11-7-3-1-4-8-11)15(20)18(16(21)17-14)12-9-5-2-6-10-12;/h1-10,19H,(H,17,21);/q;+1/p-1. The minimum atomic E-state index is -0.740. The Labute approximate surface area is 148 Å². The molecule has 0 aliphatic carbocycles. The van der Waals surface area contributed by atoms with Crippen molar-refractivity contribution < 1.29 is 34.7 Å². The predicted octanol–water partition coefficient (Wildman–Crippen LogP) is -1.73. The minimum Gasteiger partial charge on any atom is -0.860 e. The van der Waals surface area contributed by atoms with Gasteiger partial charge in [0, 0.05) is 0 Å². The smallest absolute Gasteiger partial charge is 0.860 e. The van der Waals surface area contributed by atoms with E-state index < -0.39 is 17.1 Å². The second-order valence-corrected chi connectivity index (χ2v) is 4.48. The molecule has 3 aromatic rings. The van der Waals surface area contributed by atoms with Crippen molar-refractivity contribution >= 4 is 0 Å². The third kappa shape index (κ3) is 2.92. The van der Waals surface area contributed by atoms with E-state index in [0.717, 1.165) is 4.57 Å². The maximum atomic E-state index is 12.6. The number of aromatic amines is 1. The van der Waals surface area contributed by atoms with Gasteiger partial charge in [0.25, 0.3) is 5.56 Å². The van der Waals surface area contributed by atoms with E-state index in [9.17, 15) is 14.7 Å². The Morgan fingerprint density at radius 3 is 2.00 bits per heavy atom. The van der Waals surface area contributed by atoms with Gasteiger partial charge in [-0.2, -0.15) is 0 Å². The molecular formula is C16H11N2NaO3. The van der Waals surface area contributed by atoms with E-state index in [4.69, 9.17) is 0 Å². The van der Waals surface area contributed by atoms with Crippen LogP contribution in [0.15, 0.2) is 70.3 Å². The largest absolute Gasteiger partial charge is 1.00 e. The molecule has 22 heavy (non-hydrogen) atoms. The first-order valence-corrected chi connectivity index (χ1v) is 6.35. The normalized spacial score (nSPS) is 10.0. The van der Waals surface area contributed by atoms with Gasteiger partial charge in [0.15, 0.2) is 0 Å². The molecule has 0 bridgehead atoms. The second kappa shape index (κ2) is 6.79. The average molecular weight is 302 g/mol. The molecule has 0 saturated carbocycles. The van der Waals surface area contributed by atoms with Crippen LogP contribution in [0.25, 0.3) is 16.8 Å². The van der Waals surface area contributed by atoms with Gasteiger partial charge in [0.05, 0.1) is 11.3 Å². The summed E-state index contributed by atoms with van der Waals surface area (Å²) in [6, 6.07) is 17.0. The van der Waals surface area contributed by atoms with Crippen molar-refractivity contribution in [2.24, 2.45) is 0 Å². The molecule has 5 nitrogen and oxygen atoms in total. The van der Waals surface area contributed by atoms with Crippen LogP contribution in [0.2, 0.25) is 0 Å². The summed E-state index contributed by atoms with van der Waals surface area (Å²) in [5.41, 5.74) is -0.509. The molecular weight excluding hydrogens is 291 g/mol. The molecule has 0 saturated heterocycles. The summed E-state index contributed by atoms with van der Waals surface area (Å²) in [5, 5.41) is 12.0. The van der Waals surface area contributed by atoms with Gasteiger partial charge in [0.2, 0.25) is 0 Å². The van der Waals surface area contributed by atoms with Crippen LogP contribution < -0.4 is 45.9 Å². The predicted molar refractivity (Wildman–Crippen MR) is 77.5 cm³/mol. The maximum absolute atomic E-state index is 12.6. The first kappa shape index (κ1) is 16.3. The van der Waals surface area contributed by atoms with E-state index in [1.165, 1.54) is 0 Å². The molecule has 0 unspecified atom stereocenters. The Hall–Kier alpha value is -2.08. The summed E-state index contributed by atoms with van der Waals surface area (Å²) in [4.78, 5) is 26.7. The van der Waals surface area contributed by atoms with Gasteiger partial charge in [-0.25, -0.2) is 9.36 Å². The number of para-hydroxylation sites is 1. The molecule has 104 valence electrons. The SMILES string of the molecule is O=c1[nH]c([O-])c(-c2ccccc2)c(=O)n1-c1ccccc1.[Na+]. The molecule has 2 aromatic carbocycles.